The molecule has 4 rings (SSSR count). The van der Waals surface area contributed by atoms with Crippen LogP contribution in [-0.2, 0) is 0 Å². The van der Waals surface area contributed by atoms with Gasteiger partial charge < -0.3 is 16.0 Å². The summed E-state index contributed by atoms with van der Waals surface area (Å²) in [6.07, 6.45) is 1.45. The third-order valence-electron chi connectivity index (χ3n) is 4.11. The smallest absolute Gasteiger partial charge is 0.321 e. The Hall–Kier alpha value is -4.26. The van der Waals surface area contributed by atoms with E-state index in [0.29, 0.717) is 22.6 Å². The molecule has 0 spiro atoms. The van der Waals surface area contributed by atoms with Crippen molar-refractivity contribution in [3.63, 3.8) is 0 Å². The third-order valence-corrected chi connectivity index (χ3v) is 4.11. The van der Waals surface area contributed by atoms with Gasteiger partial charge in [0, 0.05) is 17.1 Å². The fourth-order valence-corrected chi connectivity index (χ4v) is 2.71. The summed E-state index contributed by atoms with van der Waals surface area (Å²) in [4.78, 5) is 33.0. The lowest BCUT2D eigenvalue weighted by Gasteiger charge is -2.09. The summed E-state index contributed by atoms with van der Waals surface area (Å²) in [5, 5.41) is 8.25. The van der Waals surface area contributed by atoms with Crippen molar-refractivity contribution < 1.29 is 9.59 Å². The predicted octanol–water partition coefficient (Wildman–Crippen LogP) is 4.53. The monoisotopic (exact) mass is 383 g/mol. The number of nitrogens with zero attached hydrogens (tertiary/aromatic N) is 2. The summed E-state index contributed by atoms with van der Waals surface area (Å²) < 4.78 is 0. The molecule has 3 N–H and O–H groups in total. The van der Waals surface area contributed by atoms with E-state index in [1.54, 1.807) is 42.5 Å². The molecule has 0 aliphatic heterocycles. The maximum atomic E-state index is 12.4. The van der Waals surface area contributed by atoms with E-state index in [-0.39, 0.29) is 17.6 Å². The largest absolute Gasteiger partial charge is 0.323 e. The second-order valence-electron chi connectivity index (χ2n) is 6.22. The first kappa shape index (κ1) is 18.1. The Morgan fingerprint density at radius 3 is 1.86 bits per heavy atom. The third kappa shape index (κ3) is 4.54. The van der Waals surface area contributed by atoms with E-state index in [9.17, 15) is 9.59 Å². The summed E-state index contributed by atoms with van der Waals surface area (Å²) in [5.41, 5.74) is 3.50. The zero-order valence-corrected chi connectivity index (χ0v) is 15.3. The molecule has 3 amide bonds. The highest BCUT2D eigenvalue weighted by molar-refractivity contribution is 6.04. The fourth-order valence-electron chi connectivity index (χ4n) is 2.71. The maximum Gasteiger partial charge on any atom is 0.323 e. The lowest BCUT2D eigenvalue weighted by molar-refractivity contribution is 0.102. The zero-order valence-electron chi connectivity index (χ0n) is 15.3. The first-order chi connectivity index (χ1) is 14.2. The van der Waals surface area contributed by atoms with Crippen molar-refractivity contribution >= 4 is 40.0 Å². The molecule has 0 unspecified atom stereocenters. The summed E-state index contributed by atoms with van der Waals surface area (Å²) in [6, 6.07) is 23.0. The number of amides is 3. The fraction of sp³-hybridized carbons (Fsp3) is 0. The predicted molar refractivity (Wildman–Crippen MR) is 113 cm³/mol. The molecule has 0 aliphatic rings. The molecule has 0 aliphatic carbocycles. The average Bonchev–Trinajstić information content (AvgIpc) is 2.75. The van der Waals surface area contributed by atoms with Crippen LogP contribution in [0.3, 0.4) is 0 Å². The van der Waals surface area contributed by atoms with Crippen LogP contribution in [0.15, 0.2) is 85.1 Å². The van der Waals surface area contributed by atoms with Crippen molar-refractivity contribution in [3.05, 3.63) is 90.8 Å². The van der Waals surface area contributed by atoms with Gasteiger partial charge in [0.25, 0.3) is 5.91 Å². The van der Waals surface area contributed by atoms with Crippen molar-refractivity contribution in [2.75, 3.05) is 16.0 Å². The van der Waals surface area contributed by atoms with E-state index in [1.807, 2.05) is 36.4 Å². The lowest BCUT2D eigenvalue weighted by atomic mass is 10.2. The number of fused-ring (bicyclic) bond motifs is 1. The molecular formula is C22H17N5O2. The molecule has 0 radical (unpaired) electrons. The van der Waals surface area contributed by atoms with Gasteiger partial charge in [0.15, 0.2) is 0 Å². The number of aromatic nitrogens is 2. The van der Waals surface area contributed by atoms with Crippen LogP contribution in [0.25, 0.3) is 11.0 Å². The number of hydrogen-bond donors (Lipinski definition) is 3. The Balaban J connectivity index is 1.38. The molecule has 4 aromatic rings. The number of para-hydroxylation sites is 3. The normalized spacial score (nSPS) is 10.3. The van der Waals surface area contributed by atoms with Crippen molar-refractivity contribution in [2.24, 2.45) is 0 Å². The lowest BCUT2D eigenvalue weighted by Crippen LogP contribution is -2.19. The highest BCUT2D eigenvalue weighted by atomic mass is 16.2. The van der Waals surface area contributed by atoms with E-state index in [2.05, 4.69) is 25.9 Å². The van der Waals surface area contributed by atoms with Crippen LogP contribution in [0.5, 0.6) is 0 Å². The molecule has 1 heterocycles. The zero-order chi connectivity index (χ0) is 20.1. The highest BCUT2D eigenvalue weighted by Crippen LogP contribution is 2.16. The van der Waals surface area contributed by atoms with Crippen molar-refractivity contribution in [3.8, 4) is 0 Å². The molecule has 0 fully saturated rings. The van der Waals surface area contributed by atoms with Crippen LogP contribution < -0.4 is 16.0 Å². The number of urea groups is 1. The van der Waals surface area contributed by atoms with E-state index in [0.717, 1.165) is 5.52 Å². The standard InChI is InChI=1S/C22H17N5O2/c28-21(20-14-23-18-8-4-5-9-19(18)27-20)24-16-10-12-17(13-11-16)26-22(29)25-15-6-2-1-3-7-15/h1-14H,(H,24,28)(H2,25,26,29). The second kappa shape index (κ2) is 8.18. The van der Waals surface area contributed by atoms with Crippen LogP contribution in [0.1, 0.15) is 10.5 Å². The summed E-state index contributed by atoms with van der Waals surface area (Å²) in [7, 11) is 0. The Kier molecular flexibility index (Phi) is 5.11. The van der Waals surface area contributed by atoms with Crippen LogP contribution in [0.2, 0.25) is 0 Å². The van der Waals surface area contributed by atoms with Gasteiger partial charge in [-0.3, -0.25) is 9.78 Å². The molecule has 7 heteroatoms. The van der Waals surface area contributed by atoms with E-state index in [1.165, 1.54) is 6.20 Å². The molecule has 1 aromatic heterocycles. The topological polar surface area (TPSA) is 96.0 Å². The first-order valence-corrected chi connectivity index (χ1v) is 8.94. The van der Waals surface area contributed by atoms with Gasteiger partial charge >= 0.3 is 6.03 Å². The Labute approximate surface area is 166 Å². The number of nitrogens with one attached hydrogen (secondary N) is 3. The van der Waals surface area contributed by atoms with E-state index < -0.39 is 0 Å². The molecule has 3 aromatic carbocycles. The number of carbonyl (C=O) groups excluding carboxylic acids is 2. The molecule has 0 saturated carbocycles. The number of rotatable bonds is 4. The molecule has 142 valence electrons. The van der Waals surface area contributed by atoms with Crippen molar-refractivity contribution in [1.29, 1.82) is 0 Å². The van der Waals surface area contributed by atoms with E-state index in [4.69, 9.17) is 0 Å². The van der Waals surface area contributed by atoms with Crippen LogP contribution in [-0.4, -0.2) is 21.9 Å². The van der Waals surface area contributed by atoms with Gasteiger partial charge in [-0.15, -0.1) is 0 Å². The Morgan fingerprint density at radius 1 is 0.621 bits per heavy atom. The summed E-state index contributed by atoms with van der Waals surface area (Å²) in [5.74, 6) is -0.356. The van der Waals surface area contributed by atoms with Crippen molar-refractivity contribution in [2.45, 2.75) is 0 Å². The Bertz CT molecular complexity index is 1160. The van der Waals surface area contributed by atoms with E-state index >= 15 is 0 Å². The van der Waals surface area contributed by atoms with Crippen LogP contribution >= 0.6 is 0 Å². The number of carbonyl (C=O) groups is 2. The minimum absolute atomic E-state index is 0.230. The molecular weight excluding hydrogens is 366 g/mol. The minimum atomic E-state index is -0.356. The second-order valence-corrected chi connectivity index (χ2v) is 6.22. The molecule has 0 saturated heterocycles. The molecule has 7 nitrogen and oxygen atoms in total. The number of hydrogen-bond acceptors (Lipinski definition) is 4. The molecule has 0 atom stereocenters. The Morgan fingerprint density at radius 2 is 1.17 bits per heavy atom. The van der Waals surface area contributed by atoms with Gasteiger partial charge in [0.05, 0.1) is 17.2 Å². The highest BCUT2D eigenvalue weighted by Gasteiger charge is 2.10. The number of benzene rings is 3. The van der Waals surface area contributed by atoms with Crippen molar-refractivity contribution in [1.82, 2.24) is 9.97 Å². The minimum Gasteiger partial charge on any atom is -0.321 e. The van der Waals surface area contributed by atoms with Gasteiger partial charge in [-0.1, -0.05) is 30.3 Å². The average molecular weight is 383 g/mol. The van der Waals surface area contributed by atoms with Gasteiger partial charge in [-0.05, 0) is 48.5 Å². The summed E-state index contributed by atoms with van der Waals surface area (Å²) in [6.45, 7) is 0. The maximum absolute atomic E-state index is 12.4. The van der Waals surface area contributed by atoms with Gasteiger partial charge in [-0.2, -0.15) is 0 Å². The van der Waals surface area contributed by atoms with Gasteiger partial charge in [0.1, 0.15) is 5.69 Å². The first-order valence-electron chi connectivity index (χ1n) is 8.94. The van der Waals surface area contributed by atoms with Gasteiger partial charge in [0.2, 0.25) is 0 Å². The number of anilines is 3. The van der Waals surface area contributed by atoms with Crippen LogP contribution in [0, 0.1) is 0 Å². The quantitative estimate of drug-likeness (QED) is 0.482. The van der Waals surface area contributed by atoms with Crippen LogP contribution in [0.4, 0.5) is 21.9 Å². The SMILES string of the molecule is O=C(Nc1ccccc1)Nc1ccc(NC(=O)c2cnc3ccccc3n2)cc1. The van der Waals surface area contributed by atoms with Gasteiger partial charge in [-0.25, -0.2) is 9.78 Å². The molecule has 0 bridgehead atoms. The molecule has 29 heavy (non-hydrogen) atoms. The summed E-state index contributed by atoms with van der Waals surface area (Å²) >= 11 is 0.